The molecule has 2 aromatic rings. The Bertz CT molecular complexity index is 780. The summed E-state index contributed by atoms with van der Waals surface area (Å²) in [5.41, 5.74) is 0.631. The molecule has 7 heteroatoms. The molecule has 7 nitrogen and oxygen atoms in total. The number of aromatic hydroxyl groups is 1. The second kappa shape index (κ2) is 4.96. The molecular formula is C15H10N2O5. The highest BCUT2D eigenvalue weighted by atomic mass is 16.6. The first-order valence-corrected chi connectivity index (χ1v) is 6.40. The molecule has 0 spiro atoms. The molecule has 110 valence electrons. The fraction of sp³-hybridized carbons (Fsp3) is 0.0667. The second-order valence-electron chi connectivity index (χ2n) is 4.81. The Morgan fingerprint density at radius 2 is 1.64 bits per heavy atom. The van der Waals surface area contributed by atoms with Crippen LogP contribution in [0.4, 0.5) is 5.69 Å². The van der Waals surface area contributed by atoms with Crippen molar-refractivity contribution in [1.82, 2.24) is 4.90 Å². The number of non-ortho nitro benzene ring substituents is 1. The van der Waals surface area contributed by atoms with E-state index in [1.165, 1.54) is 12.1 Å². The highest BCUT2D eigenvalue weighted by molar-refractivity contribution is 6.21. The molecule has 0 atom stereocenters. The van der Waals surface area contributed by atoms with Gasteiger partial charge in [0.2, 0.25) is 0 Å². The summed E-state index contributed by atoms with van der Waals surface area (Å²) in [5.74, 6) is -1.22. The Kier molecular flexibility index (Phi) is 3.10. The summed E-state index contributed by atoms with van der Waals surface area (Å²) in [6, 6.07) is 9.99. The maximum Gasteiger partial charge on any atom is 0.273 e. The van der Waals surface area contributed by atoms with E-state index >= 15 is 0 Å². The first kappa shape index (κ1) is 13.7. The minimum atomic E-state index is -0.633. The Labute approximate surface area is 124 Å². The molecule has 1 heterocycles. The first-order chi connectivity index (χ1) is 10.5. The lowest BCUT2D eigenvalue weighted by Gasteiger charge is -2.14. The second-order valence-corrected chi connectivity index (χ2v) is 4.81. The summed E-state index contributed by atoms with van der Waals surface area (Å²) in [6.07, 6.45) is 0. The van der Waals surface area contributed by atoms with Crippen molar-refractivity contribution in [3.63, 3.8) is 0 Å². The number of hydrogen-bond donors (Lipinski definition) is 1. The molecule has 0 aromatic heterocycles. The Morgan fingerprint density at radius 3 is 2.14 bits per heavy atom. The van der Waals surface area contributed by atoms with Crippen molar-refractivity contribution in [2.24, 2.45) is 0 Å². The average molecular weight is 298 g/mol. The number of nitrogens with zero attached hydrogens (tertiary/aromatic N) is 2. The molecule has 0 saturated carbocycles. The topological polar surface area (TPSA) is 101 Å². The van der Waals surface area contributed by atoms with Crippen LogP contribution in [0.5, 0.6) is 5.75 Å². The summed E-state index contributed by atoms with van der Waals surface area (Å²) >= 11 is 0. The zero-order valence-electron chi connectivity index (χ0n) is 11.2. The van der Waals surface area contributed by atoms with E-state index in [2.05, 4.69) is 0 Å². The van der Waals surface area contributed by atoms with Crippen molar-refractivity contribution in [3.8, 4) is 5.75 Å². The molecule has 0 unspecified atom stereocenters. The number of imide groups is 1. The largest absolute Gasteiger partial charge is 0.507 e. The highest BCUT2D eigenvalue weighted by Crippen LogP contribution is 2.28. The molecule has 0 bridgehead atoms. The Hall–Kier alpha value is -3.22. The van der Waals surface area contributed by atoms with E-state index < -0.39 is 16.7 Å². The summed E-state index contributed by atoms with van der Waals surface area (Å²) in [7, 11) is 0. The number of rotatable bonds is 3. The quantitative estimate of drug-likeness (QED) is 0.531. The molecule has 0 fully saturated rings. The molecular weight excluding hydrogens is 288 g/mol. The fourth-order valence-corrected chi connectivity index (χ4v) is 2.35. The van der Waals surface area contributed by atoms with Gasteiger partial charge < -0.3 is 5.11 Å². The molecule has 3 rings (SSSR count). The zero-order valence-corrected chi connectivity index (χ0v) is 11.2. The molecule has 0 saturated heterocycles. The average Bonchev–Trinajstić information content (AvgIpc) is 2.74. The van der Waals surface area contributed by atoms with Gasteiger partial charge in [-0.3, -0.25) is 24.6 Å². The number of fused-ring (bicyclic) bond motifs is 1. The standard InChI is InChI=1S/C15H10N2O5/c18-13-7-10(17(21)22)6-5-9(13)8-16-14(19)11-3-1-2-4-12(11)15(16)20/h1-7,18H,8H2. The van der Waals surface area contributed by atoms with Crippen molar-refractivity contribution < 1.29 is 19.6 Å². The summed E-state index contributed by atoms with van der Waals surface area (Å²) in [4.78, 5) is 35.4. The number of carbonyl (C=O) groups is 2. The van der Waals surface area contributed by atoms with Crippen molar-refractivity contribution >= 4 is 17.5 Å². The van der Waals surface area contributed by atoms with Crippen molar-refractivity contribution in [2.75, 3.05) is 0 Å². The van der Waals surface area contributed by atoms with E-state index in [4.69, 9.17) is 0 Å². The normalized spacial score (nSPS) is 13.4. The van der Waals surface area contributed by atoms with Gasteiger partial charge >= 0.3 is 0 Å². The number of nitro groups is 1. The highest BCUT2D eigenvalue weighted by Gasteiger charge is 2.35. The van der Waals surface area contributed by atoms with Gasteiger partial charge in [-0.15, -0.1) is 0 Å². The number of amides is 2. The van der Waals surface area contributed by atoms with Crippen LogP contribution in [0.1, 0.15) is 26.3 Å². The van der Waals surface area contributed by atoms with Crippen LogP contribution in [0, 0.1) is 10.1 Å². The molecule has 22 heavy (non-hydrogen) atoms. The SMILES string of the molecule is O=C1c2ccccc2C(=O)N1Cc1ccc([N+](=O)[O-])cc1O. The van der Waals surface area contributed by atoms with E-state index in [9.17, 15) is 24.8 Å². The lowest BCUT2D eigenvalue weighted by Crippen LogP contribution is -2.29. The third-order valence-corrected chi connectivity index (χ3v) is 3.49. The van der Waals surface area contributed by atoms with Gasteiger partial charge in [-0.25, -0.2) is 0 Å². The van der Waals surface area contributed by atoms with Gasteiger partial charge in [0.1, 0.15) is 5.75 Å². The summed E-state index contributed by atoms with van der Waals surface area (Å²) < 4.78 is 0. The van der Waals surface area contributed by atoms with Crippen LogP contribution in [0.2, 0.25) is 0 Å². The van der Waals surface area contributed by atoms with E-state index in [0.29, 0.717) is 11.1 Å². The minimum absolute atomic E-state index is 0.143. The summed E-state index contributed by atoms with van der Waals surface area (Å²) in [6.45, 7) is -0.143. The number of carbonyl (C=O) groups excluding carboxylic acids is 2. The van der Waals surface area contributed by atoms with Crippen molar-refractivity contribution in [2.45, 2.75) is 6.54 Å². The monoisotopic (exact) mass is 298 g/mol. The summed E-state index contributed by atoms with van der Waals surface area (Å²) in [5, 5.41) is 20.5. The van der Waals surface area contributed by atoms with E-state index in [0.717, 1.165) is 11.0 Å². The van der Waals surface area contributed by atoms with Crippen LogP contribution >= 0.6 is 0 Å². The minimum Gasteiger partial charge on any atom is -0.507 e. The van der Waals surface area contributed by atoms with Crippen LogP contribution in [-0.2, 0) is 6.54 Å². The third kappa shape index (κ3) is 2.08. The van der Waals surface area contributed by atoms with Crippen LogP contribution in [0.3, 0.4) is 0 Å². The number of phenols is 1. The molecule has 1 N–H and O–H groups in total. The molecule has 0 radical (unpaired) electrons. The molecule has 2 aromatic carbocycles. The van der Waals surface area contributed by atoms with Crippen molar-refractivity contribution in [1.29, 1.82) is 0 Å². The number of benzene rings is 2. The van der Waals surface area contributed by atoms with Gasteiger partial charge in [-0.1, -0.05) is 12.1 Å². The van der Waals surface area contributed by atoms with Gasteiger partial charge in [0.05, 0.1) is 28.7 Å². The van der Waals surface area contributed by atoms with Crippen LogP contribution in [0.25, 0.3) is 0 Å². The van der Waals surface area contributed by atoms with Gasteiger partial charge in [-0.05, 0) is 18.2 Å². The smallest absolute Gasteiger partial charge is 0.273 e. The van der Waals surface area contributed by atoms with Crippen LogP contribution in [-0.4, -0.2) is 26.7 Å². The van der Waals surface area contributed by atoms with Gasteiger partial charge in [0.25, 0.3) is 17.5 Å². The Morgan fingerprint density at radius 1 is 1.05 bits per heavy atom. The number of hydrogen-bond acceptors (Lipinski definition) is 5. The van der Waals surface area contributed by atoms with Crippen LogP contribution < -0.4 is 0 Å². The zero-order chi connectivity index (χ0) is 15.9. The molecule has 1 aliphatic heterocycles. The predicted molar refractivity (Wildman–Crippen MR) is 75.4 cm³/mol. The number of phenolic OH excluding ortho intramolecular Hbond substituents is 1. The number of nitro benzene ring substituents is 1. The molecule has 1 aliphatic rings. The maximum atomic E-state index is 12.2. The van der Waals surface area contributed by atoms with Crippen LogP contribution in [0.15, 0.2) is 42.5 Å². The third-order valence-electron chi connectivity index (χ3n) is 3.49. The molecule has 2 amide bonds. The van der Waals surface area contributed by atoms with Gasteiger partial charge in [-0.2, -0.15) is 0 Å². The molecule has 0 aliphatic carbocycles. The van der Waals surface area contributed by atoms with Gasteiger partial charge in [0, 0.05) is 11.6 Å². The lowest BCUT2D eigenvalue weighted by molar-refractivity contribution is -0.384. The van der Waals surface area contributed by atoms with Gasteiger partial charge in [0.15, 0.2) is 0 Å². The van der Waals surface area contributed by atoms with E-state index in [-0.39, 0.29) is 23.5 Å². The Balaban J connectivity index is 1.91. The van der Waals surface area contributed by atoms with E-state index in [1.54, 1.807) is 24.3 Å². The predicted octanol–water partition coefficient (Wildman–Crippen LogP) is 2.10. The van der Waals surface area contributed by atoms with Crippen molar-refractivity contribution in [3.05, 3.63) is 69.3 Å². The lowest BCUT2D eigenvalue weighted by atomic mass is 10.1. The fourth-order valence-electron chi connectivity index (χ4n) is 2.35. The van der Waals surface area contributed by atoms with E-state index in [1.807, 2.05) is 0 Å². The maximum absolute atomic E-state index is 12.2. The first-order valence-electron chi connectivity index (χ1n) is 6.40.